The third-order valence-corrected chi connectivity index (χ3v) is 3.87. The summed E-state index contributed by atoms with van der Waals surface area (Å²) in [5.74, 6) is 0.638. The number of nitrogens with zero attached hydrogens (tertiary/aromatic N) is 1. The SMILES string of the molecule is CC(C)C(=O)NCC1CCCN(CC(O)COC(C)(C)C)C1. The van der Waals surface area contributed by atoms with Crippen molar-refractivity contribution < 1.29 is 14.6 Å². The van der Waals surface area contributed by atoms with Gasteiger partial charge in [-0.1, -0.05) is 13.8 Å². The summed E-state index contributed by atoms with van der Waals surface area (Å²) in [5.41, 5.74) is -0.216. The Morgan fingerprint density at radius 2 is 2.09 bits per heavy atom. The number of carbonyl (C=O) groups is 1. The average Bonchev–Trinajstić information content (AvgIpc) is 2.42. The number of nitrogens with one attached hydrogen (secondary N) is 1. The first-order valence-corrected chi connectivity index (χ1v) is 8.49. The van der Waals surface area contributed by atoms with Gasteiger partial charge < -0.3 is 20.1 Å². The molecule has 1 aliphatic rings. The van der Waals surface area contributed by atoms with Crippen molar-refractivity contribution in [3.8, 4) is 0 Å². The first kappa shape index (κ1) is 19.4. The van der Waals surface area contributed by atoms with Gasteiger partial charge in [-0.05, 0) is 46.1 Å². The smallest absolute Gasteiger partial charge is 0.222 e. The number of aliphatic hydroxyl groups excluding tert-OH is 1. The zero-order chi connectivity index (χ0) is 16.8. The lowest BCUT2D eigenvalue weighted by atomic mass is 9.97. The minimum absolute atomic E-state index is 0.0380. The van der Waals surface area contributed by atoms with Crippen molar-refractivity contribution in [2.45, 2.75) is 59.2 Å². The number of hydrogen-bond acceptors (Lipinski definition) is 4. The van der Waals surface area contributed by atoms with Crippen LogP contribution in [0, 0.1) is 11.8 Å². The average molecular weight is 314 g/mol. The molecule has 2 atom stereocenters. The monoisotopic (exact) mass is 314 g/mol. The van der Waals surface area contributed by atoms with E-state index in [9.17, 15) is 9.90 Å². The van der Waals surface area contributed by atoms with Crippen molar-refractivity contribution in [2.24, 2.45) is 11.8 Å². The maximum Gasteiger partial charge on any atom is 0.222 e. The minimum Gasteiger partial charge on any atom is -0.389 e. The molecule has 1 heterocycles. The van der Waals surface area contributed by atoms with Crippen LogP contribution in [0.4, 0.5) is 0 Å². The van der Waals surface area contributed by atoms with Crippen LogP contribution < -0.4 is 5.32 Å². The zero-order valence-electron chi connectivity index (χ0n) is 14.9. The highest BCUT2D eigenvalue weighted by molar-refractivity contribution is 5.77. The van der Waals surface area contributed by atoms with Crippen molar-refractivity contribution >= 4 is 5.91 Å². The van der Waals surface area contributed by atoms with Gasteiger partial charge in [0.2, 0.25) is 5.91 Å². The summed E-state index contributed by atoms with van der Waals surface area (Å²) in [7, 11) is 0. The third kappa shape index (κ3) is 8.11. The summed E-state index contributed by atoms with van der Waals surface area (Å²) in [6, 6.07) is 0. The molecule has 1 amide bonds. The van der Waals surface area contributed by atoms with Crippen LogP contribution >= 0.6 is 0 Å². The van der Waals surface area contributed by atoms with Crippen LogP contribution in [0.5, 0.6) is 0 Å². The Hall–Kier alpha value is -0.650. The molecular formula is C17H34N2O3. The van der Waals surface area contributed by atoms with E-state index in [4.69, 9.17) is 4.74 Å². The van der Waals surface area contributed by atoms with E-state index in [0.29, 0.717) is 19.1 Å². The molecule has 0 aromatic carbocycles. The number of piperidine rings is 1. The zero-order valence-corrected chi connectivity index (χ0v) is 14.9. The molecule has 0 aromatic heterocycles. The van der Waals surface area contributed by atoms with E-state index in [-0.39, 0.29) is 17.4 Å². The van der Waals surface area contributed by atoms with Crippen molar-refractivity contribution in [1.82, 2.24) is 10.2 Å². The number of amides is 1. The molecule has 1 aliphatic heterocycles. The molecule has 0 aliphatic carbocycles. The molecular weight excluding hydrogens is 280 g/mol. The number of likely N-dealkylation sites (tertiary alicyclic amines) is 1. The topological polar surface area (TPSA) is 61.8 Å². The van der Waals surface area contributed by atoms with Gasteiger partial charge >= 0.3 is 0 Å². The first-order chi connectivity index (χ1) is 10.2. The number of β-amino-alcohol motifs (C(OH)–C–C–N with tert-alkyl or cyclic N) is 1. The Labute approximate surface area is 135 Å². The molecule has 0 saturated carbocycles. The second-order valence-electron chi connectivity index (χ2n) is 7.74. The lowest BCUT2D eigenvalue weighted by Crippen LogP contribution is -2.45. The van der Waals surface area contributed by atoms with E-state index < -0.39 is 6.10 Å². The molecule has 0 radical (unpaired) electrons. The first-order valence-electron chi connectivity index (χ1n) is 8.49. The van der Waals surface area contributed by atoms with Crippen molar-refractivity contribution in [1.29, 1.82) is 0 Å². The van der Waals surface area contributed by atoms with Crippen molar-refractivity contribution in [3.63, 3.8) is 0 Å². The molecule has 1 rings (SSSR count). The van der Waals surface area contributed by atoms with Crippen LogP contribution in [0.1, 0.15) is 47.5 Å². The van der Waals surface area contributed by atoms with Gasteiger partial charge in [0, 0.05) is 25.6 Å². The highest BCUT2D eigenvalue weighted by Gasteiger charge is 2.23. The molecule has 0 spiro atoms. The number of aliphatic hydroxyl groups is 1. The van der Waals surface area contributed by atoms with Crippen molar-refractivity contribution in [3.05, 3.63) is 0 Å². The predicted octanol–water partition coefficient (Wildman–Crippen LogP) is 1.65. The van der Waals surface area contributed by atoms with Gasteiger partial charge in [0.25, 0.3) is 0 Å². The van der Waals surface area contributed by atoms with Gasteiger partial charge in [-0.25, -0.2) is 0 Å². The lowest BCUT2D eigenvalue weighted by Gasteiger charge is -2.34. The Morgan fingerprint density at radius 1 is 1.41 bits per heavy atom. The number of hydrogen-bond donors (Lipinski definition) is 2. The highest BCUT2D eigenvalue weighted by Crippen LogP contribution is 2.16. The van der Waals surface area contributed by atoms with Crippen LogP contribution in [0.15, 0.2) is 0 Å². The summed E-state index contributed by atoms with van der Waals surface area (Å²) in [4.78, 5) is 13.9. The normalized spacial score (nSPS) is 21.9. The summed E-state index contributed by atoms with van der Waals surface area (Å²) >= 11 is 0. The van der Waals surface area contributed by atoms with Gasteiger partial charge in [-0.3, -0.25) is 4.79 Å². The number of ether oxygens (including phenoxy) is 1. The predicted molar refractivity (Wildman–Crippen MR) is 88.7 cm³/mol. The highest BCUT2D eigenvalue weighted by atomic mass is 16.5. The molecule has 0 aromatic rings. The van der Waals surface area contributed by atoms with Crippen LogP contribution in [0.2, 0.25) is 0 Å². The maximum atomic E-state index is 11.6. The van der Waals surface area contributed by atoms with E-state index >= 15 is 0 Å². The molecule has 130 valence electrons. The van der Waals surface area contributed by atoms with Crippen LogP contribution in [0.3, 0.4) is 0 Å². The number of carbonyl (C=O) groups excluding carboxylic acids is 1. The van der Waals surface area contributed by atoms with Gasteiger partial charge in [0.1, 0.15) is 0 Å². The summed E-state index contributed by atoms with van der Waals surface area (Å²) in [6.07, 6.45) is 1.81. The molecule has 5 nitrogen and oxygen atoms in total. The third-order valence-electron chi connectivity index (χ3n) is 3.87. The Morgan fingerprint density at radius 3 is 2.68 bits per heavy atom. The fraction of sp³-hybridized carbons (Fsp3) is 0.941. The Balaban J connectivity index is 2.29. The van der Waals surface area contributed by atoms with Crippen LogP contribution in [-0.4, -0.2) is 60.4 Å². The standard InChI is InChI=1S/C17H34N2O3/c1-13(2)16(21)18-9-14-7-6-8-19(10-14)11-15(20)12-22-17(3,4)5/h13-15,20H,6-12H2,1-5H3,(H,18,21). The van der Waals surface area contributed by atoms with Gasteiger partial charge in [-0.15, -0.1) is 0 Å². The molecule has 2 N–H and O–H groups in total. The largest absolute Gasteiger partial charge is 0.389 e. The van der Waals surface area contributed by atoms with E-state index in [1.807, 2.05) is 34.6 Å². The van der Waals surface area contributed by atoms with E-state index in [2.05, 4.69) is 10.2 Å². The summed E-state index contributed by atoms with van der Waals surface area (Å²) in [6.45, 7) is 13.5. The van der Waals surface area contributed by atoms with Crippen molar-refractivity contribution in [2.75, 3.05) is 32.8 Å². The molecule has 2 unspecified atom stereocenters. The summed E-state index contributed by atoms with van der Waals surface area (Å²) in [5, 5.41) is 13.1. The number of rotatable bonds is 7. The fourth-order valence-corrected chi connectivity index (χ4v) is 2.63. The molecule has 5 heteroatoms. The Bertz CT molecular complexity index is 339. The van der Waals surface area contributed by atoms with E-state index in [1.54, 1.807) is 0 Å². The van der Waals surface area contributed by atoms with Crippen LogP contribution in [-0.2, 0) is 9.53 Å². The van der Waals surface area contributed by atoms with Gasteiger partial charge in [0.15, 0.2) is 0 Å². The molecule has 22 heavy (non-hydrogen) atoms. The molecule has 1 saturated heterocycles. The fourth-order valence-electron chi connectivity index (χ4n) is 2.63. The van der Waals surface area contributed by atoms with E-state index in [1.165, 1.54) is 0 Å². The van der Waals surface area contributed by atoms with Crippen LogP contribution in [0.25, 0.3) is 0 Å². The second-order valence-corrected chi connectivity index (χ2v) is 7.74. The molecule has 0 bridgehead atoms. The lowest BCUT2D eigenvalue weighted by molar-refractivity contribution is -0.124. The maximum absolute atomic E-state index is 11.6. The Kier molecular flexibility index (Phi) is 7.80. The van der Waals surface area contributed by atoms with Gasteiger partial charge in [0.05, 0.1) is 18.3 Å². The summed E-state index contributed by atoms with van der Waals surface area (Å²) < 4.78 is 5.63. The molecule has 1 fully saturated rings. The van der Waals surface area contributed by atoms with E-state index in [0.717, 1.165) is 32.5 Å². The second kappa shape index (κ2) is 8.85. The van der Waals surface area contributed by atoms with Gasteiger partial charge in [-0.2, -0.15) is 0 Å². The quantitative estimate of drug-likeness (QED) is 0.750. The minimum atomic E-state index is -0.455.